The van der Waals surface area contributed by atoms with Gasteiger partial charge in [0.25, 0.3) is 0 Å². The molecule has 1 aromatic carbocycles. The first-order chi connectivity index (χ1) is 14.7. The molecule has 0 bridgehead atoms. The Morgan fingerprint density at radius 1 is 1.10 bits per heavy atom. The highest BCUT2D eigenvalue weighted by Crippen LogP contribution is 2.26. The number of nitrogens with one attached hydrogen (secondary N) is 2. The summed E-state index contributed by atoms with van der Waals surface area (Å²) in [5, 5.41) is 6.74. The highest BCUT2D eigenvalue weighted by molar-refractivity contribution is 5.80. The molecule has 0 unspecified atom stereocenters. The Hall–Kier alpha value is -2.28. The van der Waals surface area contributed by atoms with Crippen molar-refractivity contribution in [3.63, 3.8) is 0 Å². The van der Waals surface area contributed by atoms with Gasteiger partial charge < -0.3 is 20.3 Å². The summed E-state index contributed by atoms with van der Waals surface area (Å²) < 4.78 is 5.20. The molecule has 1 heterocycles. The largest absolute Gasteiger partial charge is 0.497 e. The minimum absolute atomic E-state index is 0.294. The summed E-state index contributed by atoms with van der Waals surface area (Å²) in [5.41, 5.74) is 1.15. The standard InChI is InChI=1S/C23H37N5O2/c1-3-24-23(26-18-19-8-10-21(30-2)11-9-19)25-12-13-27-14-16-28(17-15-27)22(29)20-6-4-5-7-20/h8-11,20H,3-7,12-18H2,1-2H3,(H2,24,25,26). The zero-order valence-electron chi connectivity index (χ0n) is 18.5. The van der Waals surface area contributed by atoms with Gasteiger partial charge in [-0.15, -0.1) is 0 Å². The second-order valence-electron chi connectivity index (χ2n) is 8.12. The van der Waals surface area contributed by atoms with Crippen molar-refractivity contribution in [2.45, 2.75) is 39.2 Å². The Morgan fingerprint density at radius 3 is 2.43 bits per heavy atom. The lowest BCUT2D eigenvalue weighted by atomic mass is 10.1. The zero-order chi connectivity index (χ0) is 21.2. The highest BCUT2D eigenvalue weighted by Gasteiger charge is 2.29. The Bertz CT molecular complexity index is 677. The number of methoxy groups -OCH3 is 1. The number of hydrogen-bond acceptors (Lipinski definition) is 4. The molecular weight excluding hydrogens is 378 g/mol. The van der Waals surface area contributed by atoms with Crippen LogP contribution >= 0.6 is 0 Å². The molecule has 2 fully saturated rings. The van der Waals surface area contributed by atoms with Crippen molar-refractivity contribution in [1.82, 2.24) is 20.4 Å². The van der Waals surface area contributed by atoms with Gasteiger partial charge in [0.15, 0.2) is 5.96 Å². The fourth-order valence-corrected chi connectivity index (χ4v) is 4.20. The third-order valence-corrected chi connectivity index (χ3v) is 6.03. The van der Waals surface area contributed by atoms with Crippen molar-refractivity contribution < 1.29 is 9.53 Å². The van der Waals surface area contributed by atoms with Crippen LogP contribution in [-0.2, 0) is 11.3 Å². The van der Waals surface area contributed by atoms with Gasteiger partial charge in [-0.3, -0.25) is 9.69 Å². The van der Waals surface area contributed by atoms with Gasteiger partial charge in [0.05, 0.1) is 13.7 Å². The van der Waals surface area contributed by atoms with E-state index >= 15 is 0 Å². The molecular formula is C23H37N5O2. The van der Waals surface area contributed by atoms with Crippen LogP contribution in [0, 0.1) is 5.92 Å². The topological polar surface area (TPSA) is 69.2 Å². The number of piperazine rings is 1. The summed E-state index contributed by atoms with van der Waals surface area (Å²) in [4.78, 5) is 21.8. The number of rotatable bonds is 8. The molecule has 7 heteroatoms. The molecule has 7 nitrogen and oxygen atoms in total. The van der Waals surface area contributed by atoms with Crippen LogP contribution in [0.3, 0.4) is 0 Å². The average molecular weight is 416 g/mol. The third-order valence-electron chi connectivity index (χ3n) is 6.03. The number of guanidine groups is 1. The van der Waals surface area contributed by atoms with Crippen molar-refractivity contribution in [1.29, 1.82) is 0 Å². The fraction of sp³-hybridized carbons (Fsp3) is 0.652. The molecule has 3 rings (SSSR count). The summed E-state index contributed by atoms with van der Waals surface area (Å²) in [6, 6.07) is 8.00. The van der Waals surface area contributed by atoms with Gasteiger partial charge in [-0.25, -0.2) is 4.99 Å². The lowest BCUT2D eigenvalue weighted by Crippen LogP contribution is -2.51. The van der Waals surface area contributed by atoms with Gasteiger partial charge in [-0.05, 0) is 37.5 Å². The maximum absolute atomic E-state index is 12.6. The summed E-state index contributed by atoms with van der Waals surface area (Å²) >= 11 is 0. The molecule has 1 amide bonds. The number of ether oxygens (including phenoxy) is 1. The molecule has 166 valence electrons. The number of carbonyl (C=O) groups is 1. The Morgan fingerprint density at radius 2 is 1.80 bits per heavy atom. The van der Waals surface area contributed by atoms with Gasteiger partial charge >= 0.3 is 0 Å². The molecule has 1 saturated carbocycles. The van der Waals surface area contributed by atoms with Gasteiger partial charge in [0.1, 0.15) is 5.75 Å². The zero-order valence-corrected chi connectivity index (χ0v) is 18.5. The normalized spacial score (nSPS) is 18.5. The average Bonchev–Trinajstić information content (AvgIpc) is 3.33. The van der Waals surface area contributed by atoms with Crippen LogP contribution in [0.15, 0.2) is 29.3 Å². The van der Waals surface area contributed by atoms with Crippen LogP contribution in [0.2, 0.25) is 0 Å². The van der Waals surface area contributed by atoms with Crippen molar-refractivity contribution in [2.75, 3.05) is 52.9 Å². The van der Waals surface area contributed by atoms with Crippen LogP contribution in [0.1, 0.15) is 38.2 Å². The van der Waals surface area contributed by atoms with Gasteiger partial charge in [0.2, 0.25) is 5.91 Å². The predicted molar refractivity (Wildman–Crippen MR) is 121 cm³/mol. The first-order valence-corrected chi connectivity index (χ1v) is 11.4. The predicted octanol–water partition coefficient (Wildman–Crippen LogP) is 2.08. The van der Waals surface area contributed by atoms with Crippen molar-refractivity contribution in [3.8, 4) is 5.75 Å². The van der Waals surface area contributed by atoms with Crippen LogP contribution in [0.25, 0.3) is 0 Å². The van der Waals surface area contributed by atoms with Crippen molar-refractivity contribution in [2.24, 2.45) is 10.9 Å². The molecule has 1 aromatic rings. The summed E-state index contributed by atoms with van der Waals surface area (Å²) in [7, 11) is 1.67. The second-order valence-corrected chi connectivity index (χ2v) is 8.12. The van der Waals surface area contributed by atoms with Crippen molar-refractivity contribution in [3.05, 3.63) is 29.8 Å². The molecule has 0 atom stereocenters. The quantitative estimate of drug-likeness (QED) is 0.503. The minimum Gasteiger partial charge on any atom is -0.497 e. The van der Waals surface area contributed by atoms with Gasteiger partial charge in [-0.2, -0.15) is 0 Å². The molecule has 2 aliphatic rings. The van der Waals surface area contributed by atoms with E-state index in [0.717, 1.165) is 75.9 Å². The third kappa shape index (κ3) is 6.62. The molecule has 0 aromatic heterocycles. The Kier molecular flexibility index (Phi) is 8.81. The molecule has 0 radical (unpaired) electrons. The van der Waals surface area contributed by atoms with Crippen LogP contribution < -0.4 is 15.4 Å². The van der Waals surface area contributed by atoms with E-state index in [1.54, 1.807) is 7.11 Å². The van der Waals surface area contributed by atoms with E-state index in [4.69, 9.17) is 4.74 Å². The summed E-state index contributed by atoms with van der Waals surface area (Å²) in [6.07, 6.45) is 4.62. The van der Waals surface area contributed by atoms with E-state index in [0.29, 0.717) is 18.4 Å². The molecule has 1 aliphatic carbocycles. The van der Waals surface area contributed by atoms with E-state index in [9.17, 15) is 4.79 Å². The van der Waals surface area contributed by atoms with Crippen LogP contribution in [0.5, 0.6) is 5.75 Å². The summed E-state index contributed by atoms with van der Waals surface area (Å²) in [5.74, 6) is 2.38. The maximum Gasteiger partial charge on any atom is 0.225 e. The first-order valence-electron chi connectivity index (χ1n) is 11.4. The van der Waals surface area contributed by atoms with E-state index in [2.05, 4.69) is 32.3 Å². The van der Waals surface area contributed by atoms with E-state index in [1.165, 1.54) is 12.8 Å². The van der Waals surface area contributed by atoms with Crippen molar-refractivity contribution >= 4 is 11.9 Å². The maximum atomic E-state index is 12.6. The number of benzene rings is 1. The second kappa shape index (κ2) is 11.8. The first kappa shape index (κ1) is 22.4. The fourth-order valence-electron chi connectivity index (χ4n) is 4.20. The van der Waals surface area contributed by atoms with E-state index in [-0.39, 0.29) is 0 Å². The van der Waals surface area contributed by atoms with Gasteiger partial charge in [0, 0.05) is 51.7 Å². The Labute approximate surface area is 180 Å². The molecule has 1 aliphatic heterocycles. The van der Waals surface area contributed by atoms with Crippen LogP contribution in [0.4, 0.5) is 0 Å². The highest BCUT2D eigenvalue weighted by atomic mass is 16.5. The van der Waals surface area contributed by atoms with Crippen LogP contribution in [-0.4, -0.2) is 74.6 Å². The SMILES string of the molecule is CCNC(=NCc1ccc(OC)cc1)NCCN1CCN(C(=O)C2CCCC2)CC1. The lowest BCUT2D eigenvalue weighted by molar-refractivity contribution is -0.137. The molecule has 0 spiro atoms. The smallest absolute Gasteiger partial charge is 0.225 e. The minimum atomic E-state index is 0.294. The van der Waals surface area contributed by atoms with E-state index < -0.39 is 0 Å². The Balaban J connectivity index is 1.38. The number of amides is 1. The monoisotopic (exact) mass is 415 g/mol. The van der Waals surface area contributed by atoms with E-state index in [1.807, 2.05) is 24.3 Å². The molecule has 1 saturated heterocycles. The lowest BCUT2D eigenvalue weighted by Gasteiger charge is -2.36. The number of aliphatic imine (C=N–C) groups is 1. The summed E-state index contributed by atoms with van der Waals surface area (Å²) in [6.45, 7) is 8.97. The number of nitrogens with zero attached hydrogens (tertiary/aromatic N) is 3. The number of carbonyl (C=O) groups excluding carboxylic acids is 1. The molecule has 30 heavy (non-hydrogen) atoms. The van der Waals surface area contributed by atoms with Gasteiger partial charge in [-0.1, -0.05) is 25.0 Å². The number of hydrogen-bond donors (Lipinski definition) is 2. The molecule has 2 N–H and O–H groups in total.